The van der Waals surface area contributed by atoms with Gasteiger partial charge in [0.15, 0.2) is 5.82 Å². The second-order valence-corrected chi connectivity index (χ2v) is 7.77. The van der Waals surface area contributed by atoms with Gasteiger partial charge in [0, 0.05) is 13.5 Å². The van der Waals surface area contributed by atoms with Crippen LogP contribution >= 0.6 is 0 Å². The molecular weight excluding hydrogens is 356 g/mol. The molecule has 0 bridgehead atoms. The van der Waals surface area contributed by atoms with E-state index in [-0.39, 0.29) is 18.6 Å². The fourth-order valence-electron chi connectivity index (χ4n) is 3.97. The lowest BCUT2D eigenvalue weighted by atomic mass is 10.1. The number of likely N-dealkylation sites (tertiary alicyclic amines) is 1. The molecule has 2 aromatic rings. The summed E-state index contributed by atoms with van der Waals surface area (Å²) in [6.07, 6.45) is 5.84. The number of hydrogen-bond donors (Lipinski definition) is 0. The van der Waals surface area contributed by atoms with E-state index in [0.717, 1.165) is 31.1 Å². The third kappa shape index (κ3) is 4.49. The van der Waals surface area contributed by atoms with Gasteiger partial charge in [0.1, 0.15) is 18.4 Å². The van der Waals surface area contributed by atoms with E-state index in [1.54, 1.807) is 9.58 Å². The number of nitrogens with zero attached hydrogens (tertiary/aromatic N) is 6. The molecule has 8 heteroatoms. The monoisotopic (exact) mass is 384 g/mol. The smallest absolute Gasteiger partial charge is 0.244 e. The zero-order chi connectivity index (χ0) is 19.3. The summed E-state index contributed by atoms with van der Waals surface area (Å²) in [5.74, 6) is 1.67. The summed E-state index contributed by atoms with van der Waals surface area (Å²) in [4.78, 5) is 16.8. The highest BCUT2D eigenvalue weighted by molar-refractivity contribution is 5.75. The molecular formula is C20H28N6O2. The number of aromatic nitrogens is 4. The highest BCUT2D eigenvalue weighted by atomic mass is 16.5. The van der Waals surface area contributed by atoms with E-state index in [1.807, 2.05) is 25.2 Å². The number of likely N-dealkylation sites (N-methyl/N-ethyl adjacent to an activating group) is 1. The van der Waals surface area contributed by atoms with Crippen LogP contribution in [0.1, 0.15) is 37.1 Å². The Labute approximate surface area is 165 Å². The Morgan fingerprint density at radius 3 is 2.79 bits per heavy atom. The van der Waals surface area contributed by atoms with E-state index in [9.17, 15) is 4.79 Å². The van der Waals surface area contributed by atoms with E-state index in [4.69, 9.17) is 4.74 Å². The molecule has 0 unspecified atom stereocenters. The van der Waals surface area contributed by atoms with Gasteiger partial charge in [0.05, 0.1) is 13.1 Å². The van der Waals surface area contributed by atoms with Gasteiger partial charge in [0.2, 0.25) is 5.91 Å². The molecule has 1 aromatic carbocycles. The van der Waals surface area contributed by atoms with Crippen molar-refractivity contribution < 1.29 is 9.53 Å². The number of amides is 1. The Balaban J connectivity index is 1.31. The molecule has 0 spiro atoms. The van der Waals surface area contributed by atoms with E-state index >= 15 is 0 Å². The zero-order valence-electron chi connectivity index (χ0n) is 16.5. The zero-order valence-corrected chi connectivity index (χ0v) is 16.5. The van der Waals surface area contributed by atoms with Gasteiger partial charge in [-0.3, -0.25) is 9.69 Å². The minimum Gasteiger partial charge on any atom is -0.488 e. The van der Waals surface area contributed by atoms with Crippen molar-refractivity contribution in [3.63, 3.8) is 0 Å². The Kier molecular flexibility index (Phi) is 5.85. The summed E-state index contributed by atoms with van der Waals surface area (Å²) < 4.78 is 7.58. The first-order chi connectivity index (χ1) is 13.7. The van der Waals surface area contributed by atoms with Crippen molar-refractivity contribution in [2.75, 3.05) is 26.7 Å². The molecule has 1 aromatic heterocycles. The summed E-state index contributed by atoms with van der Waals surface area (Å²) in [6, 6.07) is 8.04. The number of carbonyl (C=O) groups excluding carboxylic acids is 1. The van der Waals surface area contributed by atoms with Crippen LogP contribution in [-0.4, -0.2) is 68.7 Å². The molecule has 150 valence electrons. The highest BCUT2D eigenvalue weighted by Gasteiger charge is 2.25. The molecule has 1 amide bonds. The number of ether oxygens (including phenoxy) is 1. The lowest BCUT2D eigenvalue weighted by Gasteiger charge is -2.22. The third-order valence-electron chi connectivity index (χ3n) is 5.57. The van der Waals surface area contributed by atoms with Crippen molar-refractivity contribution in [3.05, 3.63) is 35.7 Å². The first-order valence-corrected chi connectivity index (χ1v) is 10.1. The Hall–Kier alpha value is -2.48. The van der Waals surface area contributed by atoms with Crippen LogP contribution in [0.4, 0.5) is 0 Å². The molecule has 3 heterocycles. The number of fused-ring (bicyclic) bond motifs is 1. The van der Waals surface area contributed by atoms with Crippen LogP contribution in [0, 0.1) is 0 Å². The van der Waals surface area contributed by atoms with Crippen LogP contribution in [-0.2, 0) is 24.3 Å². The van der Waals surface area contributed by atoms with Gasteiger partial charge in [-0.15, -0.1) is 5.10 Å². The first-order valence-electron chi connectivity index (χ1n) is 10.1. The number of carbonyl (C=O) groups is 1. The van der Waals surface area contributed by atoms with Gasteiger partial charge in [0.25, 0.3) is 0 Å². The average molecular weight is 384 g/mol. The molecule has 2 aliphatic rings. The summed E-state index contributed by atoms with van der Waals surface area (Å²) >= 11 is 0. The highest BCUT2D eigenvalue weighted by Crippen LogP contribution is 2.28. The average Bonchev–Trinajstić information content (AvgIpc) is 3.20. The fourth-order valence-corrected chi connectivity index (χ4v) is 3.97. The van der Waals surface area contributed by atoms with Gasteiger partial charge >= 0.3 is 0 Å². The van der Waals surface area contributed by atoms with Crippen molar-refractivity contribution in [1.82, 2.24) is 30.0 Å². The molecule has 0 N–H and O–H groups in total. The standard InChI is InChI=1S/C20H28N6O2/c1-24(13-17-12-16-8-4-5-9-18(16)28-17)20(27)15-26-19(21-22-23-26)14-25-10-6-2-3-7-11-25/h4-5,8-9,17H,2-3,6-7,10-15H2,1H3/t17-/m1/s1. The van der Waals surface area contributed by atoms with Crippen LogP contribution < -0.4 is 4.74 Å². The molecule has 2 aliphatic heterocycles. The predicted octanol–water partition coefficient (Wildman–Crippen LogP) is 1.51. The minimum atomic E-state index is -0.0102. The van der Waals surface area contributed by atoms with Gasteiger partial charge < -0.3 is 9.64 Å². The van der Waals surface area contributed by atoms with Crippen LogP contribution in [0.15, 0.2) is 24.3 Å². The third-order valence-corrected chi connectivity index (χ3v) is 5.57. The quantitative estimate of drug-likeness (QED) is 0.751. The van der Waals surface area contributed by atoms with Crippen molar-refractivity contribution in [3.8, 4) is 5.75 Å². The normalized spacial score (nSPS) is 19.7. The number of tetrazole rings is 1. The molecule has 1 saturated heterocycles. The number of hydrogen-bond acceptors (Lipinski definition) is 6. The summed E-state index contributed by atoms with van der Waals surface area (Å²) in [7, 11) is 1.81. The second kappa shape index (κ2) is 8.68. The van der Waals surface area contributed by atoms with Crippen molar-refractivity contribution >= 4 is 5.91 Å². The molecule has 0 radical (unpaired) electrons. The number of para-hydroxylation sites is 1. The van der Waals surface area contributed by atoms with Gasteiger partial charge in [-0.2, -0.15) is 0 Å². The van der Waals surface area contributed by atoms with Gasteiger partial charge in [-0.25, -0.2) is 4.68 Å². The van der Waals surface area contributed by atoms with E-state index in [2.05, 4.69) is 26.5 Å². The topological polar surface area (TPSA) is 76.4 Å². The van der Waals surface area contributed by atoms with Crippen LogP contribution in [0.25, 0.3) is 0 Å². The summed E-state index contributed by atoms with van der Waals surface area (Å²) in [5, 5.41) is 12.0. The first kappa shape index (κ1) is 18.9. The molecule has 4 rings (SSSR count). The molecule has 1 atom stereocenters. The molecule has 0 saturated carbocycles. The summed E-state index contributed by atoms with van der Waals surface area (Å²) in [6.45, 7) is 3.55. The Morgan fingerprint density at radius 2 is 2.00 bits per heavy atom. The SMILES string of the molecule is CN(C[C@H]1Cc2ccccc2O1)C(=O)Cn1nnnc1CN1CCCCCC1. The minimum absolute atomic E-state index is 0.00297. The number of benzene rings is 1. The molecule has 1 fully saturated rings. The van der Waals surface area contributed by atoms with E-state index in [1.165, 1.54) is 31.2 Å². The predicted molar refractivity (Wildman–Crippen MR) is 104 cm³/mol. The molecule has 0 aliphatic carbocycles. The van der Waals surface area contributed by atoms with Gasteiger partial charge in [-0.05, 0) is 48.0 Å². The van der Waals surface area contributed by atoms with E-state index in [0.29, 0.717) is 13.1 Å². The summed E-state index contributed by atoms with van der Waals surface area (Å²) in [5.41, 5.74) is 1.20. The van der Waals surface area contributed by atoms with Crippen molar-refractivity contribution in [2.45, 2.75) is 51.3 Å². The number of rotatable bonds is 6. The molecule has 28 heavy (non-hydrogen) atoms. The maximum absolute atomic E-state index is 12.7. The maximum Gasteiger partial charge on any atom is 0.244 e. The fraction of sp³-hybridized carbons (Fsp3) is 0.600. The Morgan fingerprint density at radius 1 is 1.21 bits per heavy atom. The van der Waals surface area contributed by atoms with Crippen LogP contribution in [0.2, 0.25) is 0 Å². The largest absolute Gasteiger partial charge is 0.488 e. The van der Waals surface area contributed by atoms with Gasteiger partial charge in [-0.1, -0.05) is 31.0 Å². The van der Waals surface area contributed by atoms with Crippen molar-refractivity contribution in [1.29, 1.82) is 0 Å². The van der Waals surface area contributed by atoms with Crippen LogP contribution in [0.3, 0.4) is 0 Å². The van der Waals surface area contributed by atoms with Crippen LogP contribution in [0.5, 0.6) is 5.75 Å². The lowest BCUT2D eigenvalue weighted by molar-refractivity contribution is -0.131. The second-order valence-electron chi connectivity index (χ2n) is 7.77. The van der Waals surface area contributed by atoms with Crippen molar-refractivity contribution in [2.24, 2.45) is 0 Å². The Bertz CT molecular complexity index is 774. The van der Waals surface area contributed by atoms with E-state index < -0.39 is 0 Å². The lowest BCUT2D eigenvalue weighted by Crippen LogP contribution is -2.38. The maximum atomic E-state index is 12.7. The molecule has 8 nitrogen and oxygen atoms in total.